The molecule has 0 N–H and O–H groups in total. The number of rotatable bonds is 3. The molecule has 1 heterocycles. The second-order valence-corrected chi connectivity index (χ2v) is 3.79. The number of hydrogen-bond acceptors (Lipinski definition) is 2. The molecule has 1 radical (unpaired) electrons. The molecule has 1 aromatic heterocycles. The minimum Gasteiger partial charge on any atom is -0.238 e. The fourth-order valence-electron chi connectivity index (χ4n) is 1.16. The van der Waals surface area contributed by atoms with Crippen LogP contribution in [0.15, 0.2) is 6.07 Å². The molecule has 0 aromatic carbocycles. The molecule has 0 aliphatic heterocycles. The van der Waals surface area contributed by atoms with E-state index in [0.717, 1.165) is 0 Å². The summed E-state index contributed by atoms with van der Waals surface area (Å²) in [4.78, 5) is 7.64. The summed E-state index contributed by atoms with van der Waals surface area (Å²) in [5.41, 5.74) is -0.0202. The quantitative estimate of drug-likeness (QED) is 0.777. The molecule has 0 fully saturated rings. The highest BCUT2D eigenvalue weighted by atomic mass is 19.4. The highest BCUT2D eigenvalue weighted by Gasteiger charge is 2.28. The van der Waals surface area contributed by atoms with E-state index in [-0.39, 0.29) is 5.69 Å². The molecular weight excluding hydrogens is 205 g/mol. The number of aromatic nitrogens is 2. The smallest absolute Gasteiger partial charge is 0.238 e. The van der Waals surface area contributed by atoms with Crippen molar-refractivity contribution in [2.75, 3.05) is 0 Å². The average molecular weight is 217 g/mol. The molecule has 1 aromatic rings. The van der Waals surface area contributed by atoms with Crippen LogP contribution < -0.4 is 0 Å². The first kappa shape index (κ1) is 11.9. The van der Waals surface area contributed by atoms with Crippen LogP contribution in [0.2, 0.25) is 0 Å². The molecule has 0 amide bonds. The molecule has 0 aliphatic rings. The Bertz CT molecular complexity index is 321. The Morgan fingerprint density at radius 1 is 1.40 bits per heavy atom. The van der Waals surface area contributed by atoms with Crippen LogP contribution in [0.4, 0.5) is 13.2 Å². The Kier molecular flexibility index (Phi) is 3.66. The number of alkyl halides is 3. The molecule has 15 heavy (non-hydrogen) atoms. The number of nitrogens with zero attached hydrogens (tertiary/aromatic N) is 2. The van der Waals surface area contributed by atoms with E-state index in [4.69, 9.17) is 0 Å². The second kappa shape index (κ2) is 4.59. The summed E-state index contributed by atoms with van der Waals surface area (Å²) in [5.74, 6) is 0.742. The van der Waals surface area contributed by atoms with Gasteiger partial charge in [-0.1, -0.05) is 13.8 Å². The molecular formula is C10H12F3N2. The van der Waals surface area contributed by atoms with E-state index in [9.17, 15) is 13.2 Å². The Labute approximate surface area is 86.6 Å². The minimum absolute atomic E-state index is 0.0202. The lowest BCUT2D eigenvalue weighted by atomic mass is 10.1. The Morgan fingerprint density at radius 3 is 2.60 bits per heavy atom. The van der Waals surface area contributed by atoms with Gasteiger partial charge in [0.15, 0.2) is 0 Å². The van der Waals surface area contributed by atoms with E-state index in [2.05, 4.69) is 16.2 Å². The summed E-state index contributed by atoms with van der Waals surface area (Å²) in [7, 11) is 0. The van der Waals surface area contributed by atoms with E-state index in [1.54, 1.807) is 0 Å². The number of halogens is 3. The monoisotopic (exact) mass is 217 g/mol. The van der Waals surface area contributed by atoms with Gasteiger partial charge in [0.2, 0.25) is 0 Å². The second-order valence-electron chi connectivity index (χ2n) is 3.79. The Hall–Kier alpha value is -1.13. The van der Waals surface area contributed by atoms with E-state index in [0.29, 0.717) is 18.2 Å². The van der Waals surface area contributed by atoms with Gasteiger partial charge in [0.1, 0.15) is 5.82 Å². The van der Waals surface area contributed by atoms with Crippen molar-refractivity contribution in [1.82, 2.24) is 9.97 Å². The van der Waals surface area contributed by atoms with Crippen LogP contribution in [-0.4, -0.2) is 16.1 Å². The molecule has 0 saturated carbocycles. The summed E-state index contributed by atoms with van der Waals surface area (Å²) >= 11 is 0. The summed E-state index contributed by atoms with van der Waals surface area (Å²) < 4.78 is 36.2. The number of hydrogen-bond donors (Lipinski definition) is 0. The van der Waals surface area contributed by atoms with Crippen molar-refractivity contribution in [2.45, 2.75) is 32.9 Å². The maximum atomic E-state index is 12.1. The molecule has 0 saturated heterocycles. The van der Waals surface area contributed by atoms with E-state index < -0.39 is 12.6 Å². The Balaban J connectivity index is 2.74. The molecule has 0 bridgehead atoms. The maximum Gasteiger partial charge on any atom is 0.394 e. The van der Waals surface area contributed by atoms with Crippen molar-refractivity contribution in [3.05, 3.63) is 23.8 Å². The van der Waals surface area contributed by atoms with Crippen LogP contribution in [0.3, 0.4) is 0 Å². The first-order valence-corrected chi connectivity index (χ1v) is 4.66. The zero-order valence-electron chi connectivity index (χ0n) is 8.60. The van der Waals surface area contributed by atoms with Gasteiger partial charge in [-0.3, -0.25) is 0 Å². The van der Waals surface area contributed by atoms with Crippen molar-refractivity contribution in [2.24, 2.45) is 5.92 Å². The largest absolute Gasteiger partial charge is 0.394 e. The summed E-state index contributed by atoms with van der Waals surface area (Å²) in [5, 5.41) is 0. The maximum absolute atomic E-state index is 12.1. The van der Waals surface area contributed by atoms with Gasteiger partial charge in [-0.05, 0) is 12.0 Å². The molecule has 5 heteroatoms. The standard InChI is InChI=1S/C10H12F3N2/c1-7(2)5-9-14-4-3-8(15-9)6-10(11,12)13/h3,7H,5-6H2,1-2H3. The van der Waals surface area contributed by atoms with Crippen LogP contribution in [0, 0.1) is 12.1 Å². The first-order valence-electron chi connectivity index (χ1n) is 4.66. The van der Waals surface area contributed by atoms with Gasteiger partial charge < -0.3 is 0 Å². The summed E-state index contributed by atoms with van der Waals surface area (Å²) in [6.45, 7) is 3.92. The average Bonchev–Trinajstić information content (AvgIpc) is 1.99. The zero-order valence-corrected chi connectivity index (χ0v) is 8.60. The topological polar surface area (TPSA) is 25.8 Å². The van der Waals surface area contributed by atoms with E-state index >= 15 is 0 Å². The van der Waals surface area contributed by atoms with Crippen molar-refractivity contribution in [3.63, 3.8) is 0 Å². The summed E-state index contributed by atoms with van der Waals surface area (Å²) in [6, 6.07) is 1.18. The predicted octanol–water partition coefficient (Wildman–Crippen LogP) is 2.58. The molecule has 0 spiro atoms. The fraction of sp³-hybridized carbons (Fsp3) is 0.600. The van der Waals surface area contributed by atoms with Gasteiger partial charge in [0.25, 0.3) is 0 Å². The van der Waals surface area contributed by atoms with Crippen molar-refractivity contribution >= 4 is 0 Å². The summed E-state index contributed by atoms with van der Waals surface area (Å²) in [6.07, 6.45) is -2.22. The van der Waals surface area contributed by atoms with E-state index in [1.165, 1.54) is 6.07 Å². The third kappa shape index (κ3) is 4.76. The molecule has 0 atom stereocenters. The van der Waals surface area contributed by atoms with Crippen LogP contribution in [-0.2, 0) is 12.8 Å². The van der Waals surface area contributed by atoms with Gasteiger partial charge in [-0.25, -0.2) is 9.97 Å². The van der Waals surface area contributed by atoms with Crippen molar-refractivity contribution < 1.29 is 13.2 Å². The molecule has 83 valence electrons. The van der Waals surface area contributed by atoms with Crippen LogP contribution >= 0.6 is 0 Å². The van der Waals surface area contributed by atoms with Gasteiger partial charge in [-0.2, -0.15) is 13.2 Å². The normalized spacial score (nSPS) is 12.1. The Morgan fingerprint density at radius 2 is 2.07 bits per heavy atom. The van der Waals surface area contributed by atoms with Gasteiger partial charge in [-0.15, -0.1) is 0 Å². The van der Waals surface area contributed by atoms with Crippen molar-refractivity contribution in [3.8, 4) is 0 Å². The predicted molar refractivity (Wildman–Crippen MR) is 49.2 cm³/mol. The third-order valence-electron chi connectivity index (χ3n) is 1.67. The molecule has 0 aliphatic carbocycles. The highest BCUT2D eigenvalue weighted by molar-refractivity contribution is 5.03. The third-order valence-corrected chi connectivity index (χ3v) is 1.67. The van der Waals surface area contributed by atoms with Crippen LogP contribution in [0.5, 0.6) is 0 Å². The lowest BCUT2D eigenvalue weighted by Gasteiger charge is -2.07. The van der Waals surface area contributed by atoms with Crippen LogP contribution in [0.25, 0.3) is 0 Å². The molecule has 0 unspecified atom stereocenters. The lowest BCUT2D eigenvalue weighted by Crippen LogP contribution is -2.14. The van der Waals surface area contributed by atoms with Crippen molar-refractivity contribution in [1.29, 1.82) is 0 Å². The van der Waals surface area contributed by atoms with Gasteiger partial charge in [0, 0.05) is 6.42 Å². The van der Waals surface area contributed by atoms with E-state index in [1.807, 2.05) is 13.8 Å². The fourth-order valence-corrected chi connectivity index (χ4v) is 1.16. The SMILES string of the molecule is CC(C)Cc1n[c]cc(CC(F)(F)F)n1. The van der Waals surface area contributed by atoms with Crippen LogP contribution in [0.1, 0.15) is 25.4 Å². The molecule has 1 rings (SSSR count). The minimum atomic E-state index is -4.22. The molecule has 2 nitrogen and oxygen atoms in total. The lowest BCUT2D eigenvalue weighted by molar-refractivity contribution is -0.127. The first-order chi connectivity index (χ1) is 6.87. The highest BCUT2D eigenvalue weighted by Crippen LogP contribution is 2.19. The van der Waals surface area contributed by atoms with Gasteiger partial charge >= 0.3 is 6.18 Å². The van der Waals surface area contributed by atoms with Gasteiger partial charge in [0.05, 0.1) is 18.3 Å². The zero-order chi connectivity index (χ0) is 11.5.